The van der Waals surface area contributed by atoms with E-state index in [2.05, 4.69) is 58.5 Å². The monoisotopic (exact) mass is 488 g/mol. The van der Waals surface area contributed by atoms with Crippen LogP contribution in [0.25, 0.3) is 0 Å². The van der Waals surface area contributed by atoms with Gasteiger partial charge in [0.15, 0.2) is 6.61 Å². The number of rotatable bonds is 7. The highest BCUT2D eigenvalue weighted by molar-refractivity contribution is 5.95. The second-order valence-electron chi connectivity index (χ2n) is 10.8. The Morgan fingerprint density at radius 1 is 0.750 bits per heavy atom. The van der Waals surface area contributed by atoms with Crippen LogP contribution in [-0.4, -0.2) is 18.4 Å². The first-order chi connectivity index (χ1) is 16.9. The molecule has 2 N–H and O–H groups in total. The first kappa shape index (κ1) is 26.8. The van der Waals surface area contributed by atoms with Crippen LogP contribution in [0.15, 0.2) is 72.8 Å². The molecule has 0 bridgehead atoms. The van der Waals surface area contributed by atoms with Crippen LogP contribution in [0.4, 0.5) is 0 Å². The smallest absolute Gasteiger partial charge is 0.276 e. The fourth-order valence-electron chi connectivity index (χ4n) is 3.53. The lowest BCUT2D eigenvalue weighted by atomic mass is 9.80. The van der Waals surface area contributed by atoms with Gasteiger partial charge in [-0.2, -0.15) is 0 Å². The molecule has 3 rings (SSSR count). The minimum atomic E-state index is -0.453. The molecule has 0 heterocycles. The maximum Gasteiger partial charge on any atom is 0.276 e. The van der Waals surface area contributed by atoms with Crippen LogP contribution < -0.4 is 20.3 Å². The van der Waals surface area contributed by atoms with Crippen LogP contribution in [0, 0.1) is 0 Å². The van der Waals surface area contributed by atoms with Crippen molar-refractivity contribution in [2.75, 3.05) is 6.61 Å². The Labute approximate surface area is 214 Å². The van der Waals surface area contributed by atoms with E-state index in [-0.39, 0.29) is 17.4 Å². The normalized spacial score (nSPS) is 11.5. The number of benzene rings is 3. The number of carbonyl (C=O) groups excluding carboxylic acids is 2. The van der Waals surface area contributed by atoms with E-state index in [1.54, 1.807) is 24.3 Å². The van der Waals surface area contributed by atoms with E-state index in [0.717, 1.165) is 11.1 Å². The molecule has 6 nitrogen and oxygen atoms in total. The van der Waals surface area contributed by atoms with Gasteiger partial charge in [0, 0.05) is 5.56 Å². The molecule has 0 fully saturated rings. The summed E-state index contributed by atoms with van der Waals surface area (Å²) in [5.74, 6) is 0.428. The second kappa shape index (κ2) is 11.3. The zero-order valence-electron chi connectivity index (χ0n) is 22.0. The van der Waals surface area contributed by atoms with E-state index >= 15 is 0 Å². The molecule has 0 aliphatic carbocycles. The fraction of sp³-hybridized carbons (Fsp3) is 0.333. The molecular formula is C30H36N2O4. The number of hydrogen-bond donors (Lipinski definition) is 2. The number of hydrogen-bond acceptors (Lipinski definition) is 4. The van der Waals surface area contributed by atoms with Crippen molar-refractivity contribution in [3.8, 4) is 11.5 Å². The van der Waals surface area contributed by atoms with Crippen molar-refractivity contribution in [2.24, 2.45) is 0 Å². The molecule has 2 amide bonds. The van der Waals surface area contributed by atoms with Crippen LogP contribution in [0.5, 0.6) is 11.5 Å². The lowest BCUT2D eigenvalue weighted by Gasteiger charge is -2.27. The minimum absolute atomic E-state index is 0.00636. The third-order valence-corrected chi connectivity index (χ3v) is 5.69. The molecule has 0 saturated heterocycles. The molecule has 3 aromatic carbocycles. The topological polar surface area (TPSA) is 76.7 Å². The van der Waals surface area contributed by atoms with Gasteiger partial charge in [-0.15, -0.1) is 0 Å². The Bertz CT molecular complexity index is 1170. The number of amides is 2. The van der Waals surface area contributed by atoms with Gasteiger partial charge in [0.2, 0.25) is 0 Å². The Kier molecular flexibility index (Phi) is 8.41. The van der Waals surface area contributed by atoms with E-state index in [1.807, 2.05) is 42.5 Å². The molecule has 190 valence electrons. The van der Waals surface area contributed by atoms with Crippen LogP contribution in [-0.2, 0) is 22.2 Å². The molecule has 0 radical (unpaired) electrons. The molecule has 0 aromatic heterocycles. The third kappa shape index (κ3) is 7.60. The first-order valence-electron chi connectivity index (χ1n) is 12.1. The van der Waals surface area contributed by atoms with Gasteiger partial charge in [-0.3, -0.25) is 20.4 Å². The fourth-order valence-corrected chi connectivity index (χ4v) is 3.53. The number of nitrogens with one attached hydrogen (secondary N) is 2. The van der Waals surface area contributed by atoms with Crippen molar-refractivity contribution < 1.29 is 19.1 Å². The van der Waals surface area contributed by atoms with Crippen LogP contribution in [0.1, 0.15) is 68.6 Å². The molecule has 0 aliphatic rings. The highest BCUT2D eigenvalue weighted by Gasteiger charge is 2.23. The zero-order chi connectivity index (χ0) is 26.3. The molecule has 36 heavy (non-hydrogen) atoms. The summed E-state index contributed by atoms with van der Waals surface area (Å²) in [6.07, 6.45) is 0. The zero-order valence-corrected chi connectivity index (χ0v) is 22.0. The van der Waals surface area contributed by atoms with Crippen molar-refractivity contribution in [2.45, 2.75) is 59.0 Å². The maximum atomic E-state index is 12.4. The average molecular weight is 489 g/mol. The molecule has 0 aliphatic heterocycles. The first-order valence-corrected chi connectivity index (χ1v) is 12.1. The van der Waals surface area contributed by atoms with Gasteiger partial charge in [0.05, 0.1) is 0 Å². The summed E-state index contributed by atoms with van der Waals surface area (Å²) in [4.78, 5) is 24.8. The minimum Gasteiger partial charge on any atom is -0.489 e. The van der Waals surface area contributed by atoms with Crippen LogP contribution in [0.3, 0.4) is 0 Å². The highest BCUT2D eigenvalue weighted by atomic mass is 16.5. The Morgan fingerprint density at radius 3 is 2.03 bits per heavy atom. The predicted octanol–water partition coefficient (Wildman–Crippen LogP) is 5.70. The van der Waals surface area contributed by atoms with Gasteiger partial charge in [-0.1, -0.05) is 84.0 Å². The quantitative estimate of drug-likeness (QED) is 0.418. The van der Waals surface area contributed by atoms with Crippen LogP contribution in [0.2, 0.25) is 0 Å². The van der Waals surface area contributed by atoms with E-state index in [4.69, 9.17) is 9.47 Å². The Morgan fingerprint density at radius 2 is 1.42 bits per heavy atom. The second-order valence-corrected chi connectivity index (χ2v) is 10.8. The summed E-state index contributed by atoms with van der Waals surface area (Å²) >= 11 is 0. The van der Waals surface area contributed by atoms with Gasteiger partial charge in [-0.25, -0.2) is 0 Å². The highest BCUT2D eigenvalue weighted by Crippen LogP contribution is 2.35. The summed E-state index contributed by atoms with van der Waals surface area (Å²) in [5, 5.41) is 0. The van der Waals surface area contributed by atoms with Crippen molar-refractivity contribution in [1.29, 1.82) is 0 Å². The van der Waals surface area contributed by atoms with Gasteiger partial charge in [-0.05, 0) is 57.9 Å². The SMILES string of the molecule is CC(C)(C)c1ccc(OCC(=O)NNC(=O)c2ccc(OCc3ccccc3)cc2)c(C(C)(C)C)c1. The van der Waals surface area contributed by atoms with E-state index in [0.29, 0.717) is 23.7 Å². The van der Waals surface area contributed by atoms with Gasteiger partial charge in [0.1, 0.15) is 18.1 Å². The van der Waals surface area contributed by atoms with E-state index < -0.39 is 11.8 Å². The molecule has 6 heteroatoms. The number of hydrazine groups is 1. The Hall–Kier alpha value is -3.80. The Balaban J connectivity index is 1.51. The van der Waals surface area contributed by atoms with Crippen molar-refractivity contribution in [3.63, 3.8) is 0 Å². The average Bonchev–Trinajstić information content (AvgIpc) is 2.84. The standard InChI is InChI=1S/C30H36N2O4/c1-29(2,3)23-14-17-26(25(18-23)30(4,5)6)36-20-27(33)31-32-28(34)22-12-15-24(16-13-22)35-19-21-10-8-7-9-11-21/h7-18H,19-20H2,1-6H3,(H,31,33)(H,32,34). The van der Waals surface area contributed by atoms with Crippen molar-refractivity contribution in [3.05, 3.63) is 95.1 Å². The molecule has 3 aromatic rings. The van der Waals surface area contributed by atoms with Gasteiger partial charge in [0.25, 0.3) is 11.8 Å². The van der Waals surface area contributed by atoms with Crippen molar-refractivity contribution in [1.82, 2.24) is 10.9 Å². The van der Waals surface area contributed by atoms with Gasteiger partial charge >= 0.3 is 0 Å². The summed E-state index contributed by atoms with van der Waals surface area (Å²) in [5.41, 5.74) is 8.38. The molecular weight excluding hydrogens is 452 g/mol. The molecule has 0 saturated carbocycles. The molecule has 0 spiro atoms. The van der Waals surface area contributed by atoms with Crippen molar-refractivity contribution >= 4 is 11.8 Å². The summed E-state index contributed by atoms with van der Waals surface area (Å²) < 4.78 is 11.6. The lowest BCUT2D eigenvalue weighted by Crippen LogP contribution is -2.43. The van der Waals surface area contributed by atoms with Crippen LogP contribution >= 0.6 is 0 Å². The van der Waals surface area contributed by atoms with E-state index in [1.165, 1.54) is 5.56 Å². The predicted molar refractivity (Wildman–Crippen MR) is 142 cm³/mol. The largest absolute Gasteiger partial charge is 0.489 e. The molecule has 0 unspecified atom stereocenters. The number of ether oxygens (including phenoxy) is 2. The summed E-state index contributed by atoms with van der Waals surface area (Å²) in [6.45, 7) is 13.0. The maximum absolute atomic E-state index is 12.4. The number of carbonyl (C=O) groups is 2. The summed E-state index contributed by atoms with van der Waals surface area (Å²) in [6, 6.07) is 22.6. The van der Waals surface area contributed by atoms with E-state index in [9.17, 15) is 9.59 Å². The molecule has 0 atom stereocenters. The summed E-state index contributed by atoms with van der Waals surface area (Å²) in [7, 11) is 0. The third-order valence-electron chi connectivity index (χ3n) is 5.69. The lowest BCUT2D eigenvalue weighted by molar-refractivity contribution is -0.123. The van der Waals surface area contributed by atoms with Gasteiger partial charge < -0.3 is 9.47 Å².